The van der Waals surface area contributed by atoms with E-state index < -0.39 is 17.4 Å². The molecule has 1 aromatic carbocycles. The molecular weight excluding hydrogens is 218 g/mol. The van der Waals surface area contributed by atoms with E-state index in [1.54, 1.807) is 13.8 Å². The van der Waals surface area contributed by atoms with Gasteiger partial charge in [0.25, 0.3) is 0 Å². The van der Waals surface area contributed by atoms with Crippen molar-refractivity contribution >= 4 is 11.9 Å². The third-order valence-electron chi connectivity index (χ3n) is 2.78. The third kappa shape index (κ3) is 3.06. The summed E-state index contributed by atoms with van der Waals surface area (Å²) >= 11 is 0. The van der Waals surface area contributed by atoms with Crippen molar-refractivity contribution in [3.8, 4) is 0 Å². The zero-order valence-electron chi connectivity index (χ0n) is 10.2. The van der Waals surface area contributed by atoms with E-state index in [2.05, 4.69) is 5.32 Å². The second-order valence-corrected chi connectivity index (χ2v) is 4.52. The SMILES string of the molecule is CC(NC(=O)C(C)(C)c1ccccc1)C(=O)O. The average Bonchev–Trinajstić information content (AvgIpc) is 2.29. The molecule has 1 aromatic rings. The van der Waals surface area contributed by atoms with E-state index in [-0.39, 0.29) is 5.91 Å². The fourth-order valence-electron chi connectivity index (χ4n) is 1.42. The Morgan fingerprint density at radius 1 is 1.24 bits per heavy atom. The van der Waals surface area contributed by atoms with E-state index in [1.165, 1.54) is 6.92 Å². The number of carboxylic acid groups (broad SMARTS) is 1. The maximum absolute atomic E-state index is 12.0. The van der Waals surface area contributed by atoms with Crippen LogP contribution < -0.4 is 5.32 Å². The van der Waals surface area contributed by atoms with E-state index in [9.17, 15) is 9.59 Å². The van der Waals surface area contributed by atoms with Crippen molar-refractivity contribution in [1.82, 2.24) is 5.32 Å². The van der Waals surface area contributed by atoms with Crippen LogP contribution in [0.15, 0.2) is 30.3 Å². The molecule has 17 heavy (non-hydrogen) atoms. The van der Waals surface area contributed by atoms with Crippen LogP contribution in [0.3, 0.4) is 0 Å². The zero-order chi connectivity index (χ0) is 13.1. The monoisotopic (exact) mass is 235 g/mol. The van der Waals surface area contributed by atoms with E-state index >= 15 is 0 Å². The molecule has 1 amide bonds. The Balaban J connectivity index is 2.84. The highest BCUT2D eigenvalue weighted by Gasteiger charge is 2.31. The molecule has 4 nitrogen and oxygen atoms in total. The molecule has 0 aromatic heterocycles. The van der Waals surface area contributed by atoms with Crippen molar-refractivity contribution in [2.45, 2.75) is 32.2 Å². The minimum atomic E-state index is -1.04. The van der Waals surface area contributed by atoms with Gasteiger partial charge in [-0.15, -0.1) is 0 Å². The molecule has 0 aliphatic heterocycles. The Morgan fingerprint density at radius 3 is 2.24 bits per heavy atom. The molecule has 0 saturated heterocycles. The predicted molar refractivity (Wildman–Crippen MR) is 64.7 cm³/mol. The summed E-state index contributed by atoms with van der Waals surface area (Å²) in [7, 11) is 0. The summed E-state index contributed by atoms with van der Waals surface area (Å²) in [6.45, 7) is 4.99. The second kappa shape index (κ2) is 4.99. The van der Waals surface area contributed by atoms with Crippen LogP contribution in [0, 0.1) is 0 Å². The lowest BCUT2D eigenvalue weighted by atomic mass is 9.83. The van der Waals surface area contributed by atoms with Crippen LogP contribution in [-0.4, -0.2) is 23.0 Å². The molecule has 0 aliphatic carbocycles. The Kier molecular flexibility index (Phi) is 3.89. The standard InChI is InChI=1S/C13H17NO3/c1-9(11(15)16)14-12(17)13(2,3)10-7-5-4-6-8-10/h4-9H,1-3H3,(H,14,17)(H,15,16). The van der Waals surface area contributed by atoms with Gasteiger partial charge >= 0.3 is 5.97 Å². The van der Waals surface area contributed by atoms with E-state index in [1.807, 2.05) is 30.3 Å². The number of aliphatic carboxylic acids is 1. The molecule has 1 atom stereocenters. The molecule has 0 aliphatic rings. The first-order chi connectivity index (χ1) is 7.85. The van der Waals surface area contributed by atoms with Gasteiger partial charge in [0.1, 0.15) is 6.04 Å². The van der Waals surface area contributed by atoms with Crippen LogP contribution in [0.1, 0.15) is 26.3 Å². The summed E-state index contributed by atoms with van der Waals surface area (Å²) in [5, 5.41) is 11.2. The zero-order valence-corrected chi connectivity index (χ0v) is 10.2. The second-order valence-electron chi connectivity index (χ2n) is 4.52. The number of carbonyl (C=O) groups excluding carboxylic acids is 1. The number of carboxylic acids is 1. The first-order valence-corrected chi connectivity index (χ1v) is 5.45. The lowest BCUT2D eigenvalue weighted by molar-refractivity contribution is -0.142. The van der Waals surface area contributed by atoms with Gasteiger partial charge < -0.3 is 10.4 Å². The first-order valence-electron chi connectivity index (χ1n) is 5.45. The minimum absolute atomic E-state index is 0.293. The van der Waals surface area contributed by atoms with Gasteiger partial charge in [0, 0.05) is 0 Å². The van der Waals surface area contributed by atoms with Crippen LogP contribution in [0.2, 0.25) is 0 Å². The van der Waals surface area contributed by atoms with Crippen molar-refractivity contribution in [1.29, 1.82) is 0 Å². The van der Waals surface area contributed by atoms with Gasteiger partial charge in [-0.3, -0.25) is 9.59 Å². The number of rotatable bonds is 4. The molecule has 92 valence electrons. The normalized spacial score (nSPS) is 12.9. The quantitative estimate of drug-likeness (QED) is 0.832. The average molecular weight is 235 g/mol. The molecule has 1 unspecified atom stereocenters. The van der Waals surface area contributed by atoms with Crippen molar-refractivity contribution < 1.29 is 14.7 Å². The summed E-state index contributed by atoms with van der Waals surface area (Å²) in [6, 6.07) is 8.40. The first kappa shape index (κ1) is 13.2. The van der Waals surface area contributed by atoms with Crippen molar-refractivity contribution in [3.63, 3.8) is 0 Å². The number of nitrogens with one attached hydrogen (secondary N) is 1. The molecule has 0 radical (unpaired) electrons. The maximum atomic E-state index is 12.0. The highest BCUT2D eigenvalue weighted by Crippen LogP contribution is 2.23. The summed E-state index contributed by atoms with van der Waals surface area (Å²) < 4.78 is 0. The van der Waals surface area contributed by atoms with Gasteiger partial charge in [0.15, 0.2) is 0 Å². The fraction of sp³-hybridized carbons (Fsp3) is 0.385. The number of amides is 1. The van der Waals surface area contributed by atoms with Crippen LogP contribution in [0.4, 0.5) is 0 Å². The highest BCUT2D eigenvalue weighted by molar-refractivity contribution is 5.90. The lowest BCUT2D eigenvalue weighted by Gasteiger charge is -2.25. The summed E-state index contributed by atoms with van der Waals surface area (Å²) in [5.74, 6) is -1.33. The summed E-state index contributed by atoms with van der Waals surface area (Å²) in [6.07, 6.45) is 0. The van der Waals surface area contributed by atoms with E-state index in [0.717, 1.165) is 5.56 Å². The topological polar surface area (TPSA) is 66.4 Å². The number of hydrogen-bond acceptors (Lipinski definition) is 2. The number of benzene rings is 1. The number of hydrogen-bond donors (Lipinski definition) is 2. The fourth-order valence-corrected chi connectivity index (χ4v) is 1.42. The highest BCUT2D eigenvalue weighted by atomic mass is 16.4. The largest absolute Gasteiger partial charge is 0.480 e. The van der Waals surface area contributed by atoms with Gasteiger partial charge in [-0.2, -0.15) is 0 Å². The van der Waals surface area contributed by atoms with Crippen LogP contribution in [-0.2, 0) is 15.0 Å². The number of carbonyl (C=O) groups is 2. The van der Waals surface area contributed by atoms with Gasteiger partial charge in [0.05, 0.1) is 5.41 Å². The molecule has 0 fully saturated rings. The molecule has 0 saturated carbocycles. The van der Waals surface area contributed by atoms with Gasteiger partial charge in [-0.25, -0.2) is 0 Å². The molecule has 2 N–H and O–H groups in total. The van der Waals surface area contributed by atoms with Crippen molar-refractivity contribution in [2.24, 2.45) is 0 Å². The maximum Gasteiger partial charge on any atom is 0.325 e. The van der Waals surface area contributed by atoms with Gasteiger partial charge in [-0.1, -0.05) is 30.3 Å². The van der Waals surface area contributed by atoms with E-state index in [0.29, 0.717) is 0 Å². The Bertz CT molecular complexity index is 412. The van der Waals surface area contributed by atoms with Crippen LogP contribution in [0.25, 0.3) is 0 Å². The lowest BCUT2D eigenvalue weighted by Crippen LogP contribution is -2.46. The Hall–Kier alpha value is -1.84. The predicted octanol–water partition coefficient (Wildman–Crippen LogP) is 1.55. The molecular formula is C13H17NO3. The smallest absolute Gasteiger partial charge is 0.325 e. The summed E-state index contributed by atoms with van der Waals surface area (Å²) in [4.78, 5) is 22.7. The van der Waals surface area contributed by atoms with Crippen LogP contribution >= 0.6 is 0 Å². The van der Waals surface area contributed by atoms with Crippen molar-refractivity contribution in [3.05, 3.63) is 35.9 Å². The molecule has 0 bridgehead atoms. The Morgan fingerprint density at radius 2 is 1.76 bits per heavy atom. The summed E-state index contributed by atoms with van der Waals surface area (Å²) in [5.41, 5.74) is 0.111. The van der Waals surface area contributed by atoms with E-state index in [4.69, 9.17) is 5.11 Å². The Labute approximate surface area is 101 Å². The molecule has 0 spiro atoms. The molecule has 1 rings (SSSR count). The third-order valence-corrected chi connectivity index (χ3v) is 2.78. The van der Waals surface area contributed by atoms with Gasteiger partial charge in [0.2, 0.25) is 5.91 Å². The van der Waals surface area contributed by atoms with Gasteiger partial charge in [-0.05, 0) is 26.3 Å². The molecule has 0 heterocycles. The van der Waals surface area contributed by atoms with Crippen molar-refractivity contribution in [2.75, 3.05) is 0 Å². The van der Waals surface area contributed by atoms with Crippen LogP contribution in [0.5, 0.6) is 0 Å². The molecule has 4 heteroatoms. The minimum Gasteiger partial charge on any atom is -0.480 e.